The summed E-state index contributed by atoms with van der Waals surface area (Å²) >= 11 is 0. The number of carbonyl (C=O) groups excluding carboxylic acids is 2. The van der Waals surface area contributed by atoms with Crippen LogP contribution in [0.1, 0.15) is 38.2 Å². The van der Waals surface area contributed by atoms with Crippen molar-refractivity contribution in [3.8, 4) is 0 Å². The molecule has 1 rings (SSSR count). The number of hydrogen-bond acceptors (Lipinski definition) is 2. The zero-order valence-electron chi connectivity index (χ0n) is 11.4. The highest BCUT2D eigenvalue weighted by Crippen LogP contribution is 2.14. The number of aryl methyl sites for hydroxylation is 1. The maximum absolute atomic E-state index is 11.6. The van der Waals surface area contributed by atoms with Crippen molar-refractivity contribution >= 4 is 11.9 Å². The highest BCUT2D eigenvalue weighted by atomic mass is 16.2. The minimum Gasteiger partial charge on any atom is -0.351 e. The summed E-state index contributed by atoms with van der Waals surface area (Å²) in [5, 5.41) is 2.15. The number of rotatable bonds is 7. The molecule has 0 heterocycles. The van der Waals surface area contributed by atoms with Gasteiger partial charge in [0.1, 0.15) is 0 Å². The third-order valence-electron chi connectivity index (χ3n) is 3.22. The van der Waals surface area contributed by atoms with E-state index in [0.717, 1.165) is 32.1 Å². The maximum Gasteiger partial charge on any atom is 0.318 e. The standard InChI is InChI=1S/C15H22N2O2/c1-2-13(14(18)17-15(16)19)11-7-6-10-12-8-4-3-5-9-12/h3-5,8-9,13H,2,6-7,10-11H2,1H3,(H3,16,17,18,19). The van der Waals surface area contributed by atoms with E-state index in [1.807, 2.05) is 25.1 Å². The Kier molecular flexibility index (Phi) is 6.64. The molecule has 19 heavy (non-hydrogen) atoms. The summed E-state index contributed by atoms with van der Waals surface area (Å²) in [5.41, 5.74) is 6.26. The summed E-state index contributed by atoms with van der Waals surface area (Å²) < 4.78 is 0. The molecule has 0 saturated carbocycles. The monoisotopic (exact) mass is 262 g/mol. The number of carbonyl (C=O) groups is 2. The Labute approximate surface area is 114 Å². The summed E-state index contributed by atoms with van der Waals surface area (Å²) in [5.74, 6) is -0.377. The van der Waals surface area contributed by atoms with Crippen molar-refractivity contribution in [1.29, 1.82) is 0 Å². The zero-order chi connectivity index (χ0) is 14.1. The lowest BCUT2D eigenvalue weighted by Gasteiger charge is -2.13. The SMILES string of the molecule is CCC(CCCCc1ccccc1)C(=O)NC(N)=O. The van der Waals surface area contributed by atoms with Crippen LogP contribution in [0.2, 0.25) is 0 Å². The minimum absolute atomic E-state index is 0.122. The number of nitrogens with one attached hydrogen (secondary N) is 1. The van der Waals surface area contributed by atoms with Crippen LogP contribution in [-0.2, 0) is 11.2 Å². The number of imide groups is 1. The van der Waals surface area contributed by atoms with Crippen LogP contribution in [0.25, 0.3) is 0 Å². The number of benzene rings is 1. The molecule has 0 fully saturated rings. The molecule has 3 N–H and O–H groups in total. The van der Waals surface area contributed by atoms with E-state index in [0.29, 0.717) is 0 Å². The van der Waals surface area contributed by atoms with Crippen LogP contribution in [0.15, 0.2) is 30.3 Å². The normalized spacial score (nSPS) is 11.8. The molecular formula is C15H22N2O2. The number of nitrogens with two attached hydrogens (primary N) is 1. The maximum atomic E-state index is 11.6. The molecule has 104 valence electrons. The van der Waals surface area contributed by atoms with Crippen LogP contribution in [0.4, 0.5) is 4.79 Å². The van der Waals surface area contributed by atoms with E-state index < -0.39 is 6.03 Å². The second kappa shape index (κ2) is 8.29. The predicted octanol–water partition coefficient (Wildman–Crippen LogP) is 2.62. The van der Waals surface area contributed by atoms with Gasteiger partial charge < -0.3 is 5.73 Å². The van der Waals surface area contributed by atoms with Gasteiger partial charge in [-0.2, -0.15) is 0 Å². The fourth-order valence-electron chi connectivity index (χ4n) is 2.11. The van der Waals surface area contributed by atoms with Gasteiger partial charge in [0, 0.05) is 5.92 Å². The van der Waals surface area contributed by atoms with Gasteiger partial charge in [0.2, 0.25) is 5.91 Å². The first-order valence-corrected chi connectivity index (χ1v) is 6.77. The highest BCUT2D eigenvalue weighted by Gasteiger charge is 2.16. The second-order valence-corrected chi connectivity index (χ2v) is 4.69. The largest absolute Gasteiger partial charge is 0.351 e. The summed E-state index contributed by atoms with van der Waals surface area (Å²) in [7, 11) is 0. The highest BCUT2D eigenvalue weighted by molar-refractivity contribution is 5.94. The summed E-state index contributed by atoms with van der Waals surface area (Å²) in [6.45, 7) is 1.95. The minimum atomic E-state index is -0.771. The molecule has 0 aromatic heterocycles. The second-order valence-electron chi connectivity index (χ2n) is 4.69. The fraction of sp³-hybridized carbons (Fsp3) is 0.467. The molecule has 0 saturated heterocycles. The lowest BCUT2D eigenvalue weighted by molar-refractivity contribution is -0.124. The molecule has 0 aliphatic rings. The van der Waals surface area contributed by atoms with Gasteiger partial charge in [0.25, 0.3) is 0 Å². The van der Waals surface area contributed by atoms with Gasteiger partial charge in [-0.15, -0.1) is 0 Å². The van der Waals surface area contributed by atoms with Crippen molar-refractivity contribution in [2.45, 2.75) is 39.0 Å². The first-order valence-electron chi connectivity index (χ1n) is 6.77. The average Bonchev–Trinajstić information content (AvgIpc) is 2.39. The van der Waals surface area contributed by atoms with E-state index in [-0.39, 0.29) is 11.8 Å². The number of unbranched alkanes of at least 4 members (excludes halogenated alkanes) is 1. The molecule has 1 aromatic carbocycles. The van der Waals surface area contributed by atoms with Crippen LogP contribution in [-0.4, -0.2) is 11.9 Å². The lowest BCUT2D eigenvalue weighted by atomic mass is 9.96. The Balaban J connectivity index is 2.26. The molecule has 1 aromatic rings. The zero-order valence-corrected chi connectivity index (χ0v) is 11.4. The van der Waals surface area contributed by atoms with E-state index >= 15 is 0 Å². The van der Waals surface area contributed by atoms with Crippen LogP contribution in [0.3, 0.4) is 0 Å². The molecule has 0 aliphatic heterocycles. The van der Waals surface area contributed by atoms with Crippen molar-refractivity contribution < 1.29 is 9.59 Å². The van der Waals surface area contributed by atoms with E-state index in [4.69, 9.17) is 5.73 Å². The summed E-state index contributed by atoms with van der Waals surface area (Å²) in [6, 6.07) is 9.52. The molecule has 4 nitrogen and oxygen atoms in total. The average molecular weight is 262 g/mol. The van der Waals surface area contributed by atoms with Crippen molar-refractivity contribution in [1.82, 2.24) is 5.32 Å². The van der Waals surface area contributed by atoms with Gasteiger partial charge >= 0.3 is 6.03 Å². The van der Waals surface area contributed by atoms with Gasteiger partial charge in [-0.3, -0.25) is 10.1 Å². The Morgan fingerprint density at radius 3 is 2.47 bits per heavy atom. The van der Waals surface area contributed by atoms with Crippen molar-refractivity contribution in [2.24, 2.45) is 11.7 Å². The number of primary amides is 1. The molecule has 4 heteroatoms. The molecule has 0 spiro atoms. The quantitative estimate of drug-likeness (QED) is 0.741. The number of urea groups is 1. The third-order valence-corrected chi connectivity index (χ3v) is 3.22. The van der Waals surface area contributed by atoms with Gasteiger partial charge in [0.05, 0.1) is 0 Å². The molecule has 0 bridgehead atoms. The number of amides is 3. The van der Waals surface area contributed by atoms with Crippen LogP contribution in [0, 0.1) is 5.92 Å². The van der Waals surface area contributed by atoms with Gasteiger partial charge in [-0.25, -0.2) is 4.79 Å². The molecular weight excluding hydrogens is 240 g/mol. The third kappa shape index (κ3) is 6.04. The van der Waals surface area contributed by atoms with Gasteiger partial charge in [-0.05, 0) is 31.2 Å². The molecule has 1 unspecified atom stereocenters. The summed E-state index contributed by atoms with van der Waals surface area (Å²) in [4.78, 5) is 22.3. The lowest BCUT2D eigenvalue weighted by Crippen LogP contribution is -2.39. The first kappa shape index (κ1) is 15.2. The van der Waals surface area contributed by atoms with Crippen molar-refractivity contribution in [3.05, 3.63) is 35.9 Å². The van der Waals surface area contributed by atoms with E-state index in [2.05, 4.69) is 17.4 Å². The fourth-order valence-corrected chi connectivity index (χ4v) is 2.11. The van der Waals surface area contributed by atoms with E-state index in [9.17, 15) is 9.59 Å². The molecule has 3 amide bonds. The Hall–Kier alpha value is -1.84. The molecule has 0 radical (unpaired) electrons. The summed E-state index contributed by atoms with van der Waals surface area (Å²) in [6.07, 6.45) is 4.56. The van der Waals surface area contributed by atoms with Crippen molar-refractivity contribution in [3.63, 3.8) is 0 Å². The predicted molar refractivity (Wildman–Crippen MR) is 75.5 cm³/mol. The van der Waals surface area contributed by atoms with Crippen LogP contribution in [0.5, 0.6) is 0 Å². The Morgan fingerprint density at radius 2 is 1.89 bits per heavy atom. The molecule has 1 atom stereocenters. The molecule has 0 aliphatic carbocycles. The Bertz CT molecular complexity index is 404. The van der Waals surface area contributed by atoms with Crippen LogP contribution < -0.4 is 11.1 Å². The van der Waals surface area contributed by atoms with Crippen LogP contribution >= 0.6 is 0 Å². The van der Waals surface area contributed by atoms with E-state index in [1.165, 1.54) is 5.56 Å². The smallest absolute Gasteiger partial charge is 0.318 e. The Morgan fingerprint density at radius 1 is 1.21 bits per heavy atom. The number of hydrogen-bond donors (Lipinski definition) is 2. The topological polar surface area (TPSA) is 72.2 Å². The van der Waals surface area contributed by atoms with Crippen molar-refractivity contribution in [2.75, 3.05) is 0 Å². The van der Waals surface area contributed by atoms with Gasteiger partial charge in [0.15, 0.2) is 0 Å². The van der Waals surface area contributed by atoms with E-state index in [1.54, 1.807) is 0 Å². The first-order chi connectivity index (χ1) is 9.13. The van der Waals surface area contributed by atoms with Gasteiger partial charge in [-0.1, -0.05) is 43.7 Å².